The number of halogens is 1. The Labute approximate surface area is 144 Å². The highest BCUT2D eigenvalue weighted by molar-refractivity contribution is 7.89. The van der Waals surface area contributed by atoms with E-state index < -0.39 is 10.0 Å². The van der Waals surface area contributed by atoms with E-state index in [4.69, 9.17) is 11.6 Å². The lowest BCUT2D eigenvalue weighted by atomic mass is 9.69. The highest BCUT2D eigenvalue weighted by atomic mass is 35.5. The SMILES string of the molecule is Cc1cc(S(=O)(=O)N[C@H]2C(C)(C)[C@H]3CC[C@]2(C)C3)c(C)cc1Cl. The lowest BCUT2D eigenvalue weighted by molar-refractivity contribution is 0.127. The van der Waals surface area contributed by atoms with Crippen LogP contribution in [0.15, 0.2) is 17.0 Å². The van der Waals surface area contributed by atoms with Gasteiger partial charge in [0.2, 0.25) is 10.0 Å². The molecule has 2 aliphatic carbocycles. The van der Waals surface area contributed by atoms with Gasteiger partial charge in [0.1, 0.15) is 0 Å². The summed E-state index contributed by atoms with van der Waals surface area (Å²) >= 11 is 6.11. The van der Waals surface area contributed by atoms with Crippen molar-refractivity contribution in [1.29, 1.82) is 0 Å². The van der Waals surface area contributed by atoms with Gasteiger partial charge in [-0.2, -0.15) is 0 Å². The normalized spacial score (nSPS) is 32.4. The first-order valence-corrected chi connectivity index (χ1v) is 10.1. The van der Waals surface area contributed by atoms with Crippen LogP contribution in [0.1, 0.15) is 51.2 Å². The smallest absolute Gasteiger partial charge is 0.207 e. The maximum absolute atomic E-state index is 13.0. The van der Waals surface area contributed by atoms with Crippen LogP contribution >= 0.6 is 11.6 Å². The molecule has 2 saturated carbocycles. The van der Waals surface area contributed by atoms with Crippen molar-refractivity contribution in [1.82, 2.24) is 4.72 Å². The zero-order chi connectivity index (χ0) is 17.2. The van der Waals surface area contributed by atoms with Crippen LogP contribution in [0.4, 0.5) is 0 Å². The Balaban J connectivity index is 1.98. The second-order valence-electron chi connectivity index (χ2n) is 8.34. The summed E-state index contributed by atoms with van der Waals surface area (Å²) in [5.41, 5.74) is 1.54. The van der Waals surface area contributed by atoms with E-state index in [1.165, 1.54) is 6.42 Å². The van der Waals surface area contributed by atoms with E-state index in [-0.39, 0.29) is 16.9 Å². The molecule has 2 aliphatic rings. The summed E-state index contributed by atoms with van der Waals surface area (Å²) in [7, 11) is -3.55. The number of hydrogen-bond donors (Lipinski definition) is 1. The van der Waals surface area contributed by atoms with Crippen LogP contribution in [0.25, 0.3) is 0 Å². The van der Waals surface area contributed by atoms with Gasteiger partial charge in [-0.05, 0) is 73.1 Å². The Hall–Kier alpha value is -0.580. The van der Waals surface area contributed by atoms with Crippen molar-refractivity contribution >= 4 is 21.6 Å². The van der Waals surface area contributed by atoms with Gasteiger partial charge in [-0.3, -0.25) is 0 Å². The second-order valence-corrected chi connectivity index (χ2v) is 10.4. The standard InChI is InChI=1S/C18H26ClNO2S/c1-11-9-15(12(2)8-14(11)19)23(21,22)20-16-17(3,4)13-6-7-18(16,5)10-13/h8-9,13,16,20H,6-7,10H2,1-5H3/t13-,16-,18+/m0/s1. The molecule has 0 unspecified atom stereocenters. The van der Waals surface area contributed by atoms with Gasteiger partial charge in [-0.15, -0.1) is 0 Å². The molecule has 3 nitrogen and oxygen atoms in total. The van der Waals surface area contributed by atoms with E-state index in [2.05, 4.69) is 25.5 Å². The number of nitrogens with one attached hydrogen (secondary N) is 1. The molecule has 3 atom stereocenters. The van der Waals surface area contributed by atoms with Gasteiger partial charge in [0.25, 0.3) is 0 Å². The molecular weight excluding hydrogens is 330 g/mol. The first kappa shape index (κ1) is 17.2. The van der Waals surface area contributed by atoms with Crippen LogP contribution in [0.5, 0.6) is 0 Å². The number of benzene rings is 1. The van der Waals surface area contributed by atoms with Crippen LogP contribution in [-0.2, 0) is 10.0 Å². The third-order valence-electron chi connectivity index (χ3n) is 6.29. The molecule has 0 amide bonds. The Morgan fingerprint density at radius 2 is 1.83 bits per heavy atom. The summed E-state index contributed by atoms with van der Waals surface area (Å²) in [5.74, 6) is 0.605. The average molecular weight is 356 g/mol. The van der Waals surface area contributed by atoms with Crippen LogP contribution in [0, 0.1) is 30.6 Å². The number of hydrogen-bond acceptors (Lipinski definition) is 2. The van der Waals surface area contributed by atoms with Gasteiger partial charge in [-0.25, -0.2) is 13.1 Å². The first-order valence-electron chi connectivity index (χ1n) is 8.26. The predicted octanol–water partition coefficient (Wildman–Crippen LogP) is 4.45. The van der Waals surface area contributed by atoms with E-state index in [1.807, 2.05) is 6.92 Å². The minimum Gasteiger partial charge on any atom is -0.207 e. The zero-order valence-corrected chi connectivity index (χ0v) is 16.1. The molecule has 2 fully saturated rings. The summed E-state index contributed by atoms with van der Waals surface area (Å²) in [6.07, 6.45) is 3.43. The number of sulfonamides is 1. The van der Waals surface area contributed by atoms with E-state index in [1.54, 1.807) is 19.1 Å². The van der Waals surface area contributed by atoms with Gasteiger partial charge in [0, 0.05) is 11.1 Å². The third-order valence-corrected chi connectivity index (χ3v) is 8.26. The van der Waals surface area contributed by atoms with Crippen LogP contribution in [0.2, 0.25) is 5.02 Å². The Morgan fingerprint density at radius 3 is 2.39 bits per heavy atom. The molecule has 0 radical (unpaired) electrons. The molecule has 5 heteroatoms. The van der Waals surface area contributed by atoms with Gasteiger partial charge >= 0.3 is 0 Å². The van der Waals surface area contributed by atoms with Crippen molar-refractivity contribution < 1.29 is 8.42 Å². The molecule has 128 valence electrons. The van der Waals surface area contributed by atoms with E-state index in [9.17, 15) is 8.42 Å². The maximum Gasteiger partial charge on any atom is 0.241 e. The van der Waals surface area contributed by atoms with E-state index in [0.717, 1.165) is 18.4 Å². The summed E-state index contributed by atoms with van der Waals surface area (Å²) in [4.78, 5) is 0.349. The lowest BCUT2D eigenvalue weighted by Crippen LogP contribution is -2.52. The maximum atomic E-state index is 13.0. The first-order chi connectivity index (χ1) is 10.5. The van der Waals surface area contributed by atoms with E-state index >= 15 is 0 Å². The van der Waals surface area contributed by atoms with Gasteiger partial charge in [-0.1, -0.05) is 32.4 Å². The molecule has 23 heavy (non-hydrogen) atoms. The quantitative estimate of drug-likeness (QED) is 0.870. The summed E-state index contributed by atoms with van der Waals surface area (Å²) < 4.78 is 29.1. The number of aryl methyl sites for hydroxylation is 2. The topological polar surface area (TPSA) is 46.2 Å². The molecule has 0 spiro atoms. The monoisotopic (exact) mass is 355 g/mol. The van der Waals surface area contributed by atoms with Crippen LogP contribution < -0.4 is 4.72 Å². The molecule has 0 aromatic heterocycles. The van der Waals surface area contributed by atoms with Crippen molar-refractivity contribution in [3.8, 4) is 0 Å². The Morgan fingerprint density at radius 1 is 1.17 bits per heavy atom. The van der Waals surface area contributed by atoms with Gasteiger partial charge in [0.15, 0.2) is 0 Å². The Bertz CT molecular complexity index is 752. The van der Waals surface area contributed by atoms with Crippen LogP contribution in [0.3, 0.4) is 0 Å². The van der Waals surface area contributed by atoms with E-state index in [0.29, 0.717) is 21.4 Å². The van der Waals surface area contributed by atoms with Gasteiger partial charge < -0.3 is 0 Å². The van der Waals surface area contributed by atoms with Gasteiger partial charge in [0.05, 0.1) is 4.90 Å². The lowest BCUT2D eigenvalue weighted by Gasteiger charge is -2.42. The number of rotatable bonds is 3. The predicted molar refractivity (Wildman–Crippen MR) is 94.3 cm³/mol. The van der Waals surface area contributed by atoms with Crippen molar-refractivity contribution in [3.05, 3.63) is 28.3 Å². The summed E-state index contributed by atoms with van der Waals surface area (Å²) in [6.45, 7) is 10.3. The minimum absolute atomic E-state index is 0.00452. The van der Waals surface area contributed by atoms with Crippen molar-refractivity contribution in [2.24, 2.45) is 16.7 Å². The van der Waals surface area contributed by atoms with Crippen molar-refractivity contribution in [2.75, 3.05) is 0 Å². The molecule has 1 N–H and O–H groups in total. The Kier molecular flexibility index (Phi) is 3.90. The molecule has 0 saturated heterocycles. The number of fused-ring (bicyclic) bond motifs is 2. The summed E-state index contributed by atoms with van der Waals surface area (Å²) in [6, 6.07) is 3.40. The second kappa shape index (κ2) is 5.21. The average Bonchev–Trinajstić information content (AvgIpc) is 2.90. The molecule has 0 heterocycles. The summed E-state index contributed by atoms with van der Waals surface area (Å²) in [5, 5.41) is 0.605. The zero-order valence-electron chi connectivity index (χ0n) is 14.5. The largest absolute Gasteiger partial charge is 0.241 e. The molecule has 1 aromatic carbocycles. The minimum atomic E-state index is -3.55. The molecule has 0 aliphatic heterocycles. The molecular formula is C18H26ClNO2S. The van der Waals surface area contributed by atoms with Crippen molar-refractivity contribution in [3.63, 3.8) is 0 Å². The fraction of sp³-hybridized carbons (Fsp3) is 0.667. The molecule has 3 rings (SSSR count). The van der Waals surface area contributed by atoms with Crippen LogP contribution in [-0.4, -0.2) is 14.5 Å². The molecule has 1 aromatic rings. The highest BCUT2D eigenvalue weighted by Crippen LogP contribution is 2.62. The van der Waals surface area contributed by atoms with Crippen molar-refractivity contribution in [2.45, 2.75) is 64.8 Å². The third kappa shape index (κ3) is 2.63. The highest BCUT2D eigenvalue weighted by Gasteiger charge is 2.60. The fourth-order valence-electron chi connectivity index (χ4n) is 4.86. The fourth-order valence-corrected chi connectivity index (χ4v) is 6.92. The molecule has 2 bridgehead atoms.